The van der Waals surface area contributed by atoms with Gasteiger partial charge in [-0.2, -0.15) is 0 Å². The van der Waals surface area contributed by atoms with Gasteiger partial charge in [0, 0.05) is 0 Å². The Bertz CT molecular complexity index is 319. The molecule has 1 rings (SSSR count). The summed E-state index contributed by atoms with van der Waals surface area (Å²) in [5.41, 5.74) is 6.47. The maximum absolute atomic E-state index is 3.96. The predicted octanol–water partition coefficient (Wildman–Crippen LogP) is 5.70. The molecular formula is C16H28. The second-order valence-electron chi connectivity index (χ2n) is 3.53. The number of rotatable bonds is 1. The molecule has 0 heteroatoms. The van der Waals surface area contributed by atoms with Crippen molar-refractivity contribution in [3.63, 3.8) is 0 Å². The average Bonchev–Trinajstić information content (AvgIpc) is 2.28. The second kappa shape index (κ2) is 9.21. The van der Waals surface area contributed by atoms with Crippen molar-refractivity contribution in [2.45, 2.75) is 55.4 Å². The standard InChI is InChI=1S/C12H16.2C2H6/c1-8(2)12-7-10(4)9(3)6-11(12)5;2*1-2/h6-7H,1H2,2-5H3;2*1-2H3. The Hall–Kier alpha value is -1.04. The van der Waals surface area contributed by atoms with Crippen LogP contribution in [0.4, 0.5) is 0 Å². The van der Waals surface area contributed by atoms with Crippen LogP contribution < -0.4 is 0 Å². The minimum Gasteiger partial charge on any atom is -0.0955 e. The van der Waals surface area contributed by atoms with Crippen LogP contribution in [0, 0.1) is 20.8 Å². The number of benzene rings is 1. The van der Waals surface area contributed by atoms with Crippen LogP contribution in [0.2, 0.25) is 0 Å². The lowest BCUT2D eigenvalue weighted by Gasteiger charge is -2.08. The largest absolute Gasteiger partial charge is 0.0955 e. The average molecular weight is 220 g/mol. The molecule has 0 N–H and O–H groups in total. The van der Waals surface area contributed by atoms with E-state index >= 15 is 0 Å². The molecule has 0 aliphatic heterocycles. The normalized spacial score (nSPS) is 8.25. The van der Waals surface area contributed by atoms with E-state index in [9.17, 15) is 0 Å². The molecule has 0 spiro atoms. The molecule has 16 heavy (non-hydrogen) atoms. The van der Waals surface area contributed by atoms with Crippen molar-refractivity contribution in [1.82, 2.24) is 0 Å². The molecule has 92 valence electrons. The summed E-state index contributed by atoms with van der Waals surface area (Å²) < 4.78 is 0. The third-order valence-electron chi connectivity index (χ3n) is 2.30. The SMILES string of the molecule is C=C(C)c1cc(C)c(C)cc1C.CC.CC. The number of allylic oxidation sites excluding steroid dienone is 1. The van der Waals surface area contributed by atoms with Crippen LogP contribution in [-0.2, 0) is 0 Å². The topological polar surface area (TPSA) is 0 Å². The second-order valence-corrected chi connectivity index (χ2v) is 3.53. The number of aryl methyl sites for hydroxylation is 3. The van der Waals surface area contributed by atoms with E-state index < -0.39 is 0 Å². The predicted molar refractivity (Wildman–Crippen MR) is 78.1 cm³/mol. The van der Waals surface area contributed by atoms with Gasteiger partial charge in [0.25, 0.3) is 0 Å². The van der Waals surface area contributed by atoms with Gasteiger partial charge in [-0.1, -0.05) is 52.0 Å². The summed E-state index contributed by atoms with van der Waals surface area (Å²) in [6.07, 6.45) is 0. The Labute approximate surface area is 102 Å². The molecule has 0 saturated carbocycles. The molecule has 0 atom stereocenters. The molecule has 0 aliphatic rings. The quantitative estimate of drug-likeness (QED) is 0.569. The van der Waals surface area contributed by atoms with E-state index in [0.29, 0.717) is 0 Å². The van der Waals surface area contributed by atoms with Gasteiger partial charge in [0.1, 0.15) is 0 Å². The lowest BCUT2D eigenvalue weighted by atomic mass is 9.97. The summed E-state index contributed by atoms with van der Waals surface area (Å²) >= 11 is 0. The molecule has 0 saturated heterocycles. The molecule has 0 aliphatic carbocycles. The van der Waals surface area contributed by atoms with Gasteiger partial charge in [0.05, 0.1) is 0 Å². The summed E-state index contributed by atoms with van der Waals surface area (Å²) in [5.74, 6) is 0. The summed E-state index contributed by atoms with van der Waals surface area (Å²) in [4.78, 5) is 0. The molecule has 1 aromatic rings. The zero-order valence-electron chi connectivity index (χ0n) is 12.4. The Kier molecular flexibility index (Phi) is 9.99. The van der Waals surface area contributed by atoms with Crippen molar-refractivity contribution in [3.05, 3.63) is 41.0 Å². The van der Waals surface area contributed by atoms with Gasteiger partial charge in [-0.25, -0.2) is 0 Å². The molecule has 0 amide bonds. The Morgan fingerprint density at radius 1 is 0.812 bits per heavy atom. The summed E-state index contributed by atoms with van der Waals surface area (Å²) in [6, 6.07) is 4.44. The smallest absolute Gasteiger partial charge is 0.0201 e. The van der Waals surface area contributed by atoms with E-state index in [1.165, 1.54) is 22.3 Å². The highest BCUT2D eigenvalue weighted by Crippen LogP contribution is 2.20. The highest BCUT2D eigenvalue weighted by Gasteiger charge is 2.01. The first-order chi connectivity index (χ1) is 7.52. The van der Waals surface area contributed by atoms with Crippen molar-refractivity contribution in [2.24, 2.45) is 0 Å². The maximum atomic E-state index is 3.96. The third kappa shape index (κ3) is 5.16. The first kappa shape index (κ1) is 17.4. The fraction of sp³-hybridized carbons (Fsp3) is 0.500. The van der Waals surface area contributed by atoms with Crippen LogP contribution in [0.1, 0.15) is 56.9 Å². The highest BCUT2D eigenvalue weighted by atomic mass is 14.1. The monoisotopic (exact) mass is 220 g/mol. The van der Waals surface area contributed by atoms with E-state index in [2.05, 4.69) is 46.4 Å². The van der Waals surface area contributed by atoms with E-state index in [0.717, 1.165) is 5.57 Å². The molecule has 0 nitrogen and oxygen atoms in total. The van der Waals surface area contributed by atoms with Gasteiger partial charge in [0.15, 0.2) is 0 Å². The lowest BCUT2D eigenvalue weighted by Crippen LogP contribution is -1.89. The van der Waals surface area contributed by atoms with Gasteiger partial charge in [-0.3, -0.25) is 0 Å². The van der Waals surface area contributed by atoms with E-state index in [-0.39, 0.29) is 0 Å². The molecule has 0 radical (unpaired) electrons. The highest BCUT2D eigenvalue weighted by molar-refractivity contribution is 5.65. The summed E-state index contributed by atoms with van der Waals surface area (Å²) in [6.45, 7) is 20.4. The van der Waals surface area contributed by atoms with Gasteiger partial charge in [-0.05, 0) is 49.9 Å². The molecule has 0 fully saturated rings. The molecular weight excluding hydrogens is 192 g/mol. The van der Waals surface area contributed by atoms with E-state index in [4.69, 9.17) is 0 Å². The summed E-state index contributed by atoms with van der Waals surface area (Å²) in [7, 11) is 0. The minimum atomic E-state index is 1.15. The fourth-order valence-corrected chi connectivity index (χ4v) is 1.42. The van der Waals surface area contributed by atoms with Gasteiger partial charge in [0.2, 0.25) is 0 Å². The van der Waals surface area contributed by atoms with Crippen LogP contribution in [0.5, 0.6) is 0 Å². The van der Waals surface area contributed by atoms with Crippen LogP contribution in [0.3, 0.4) is 0 Å². The van der Waals surface area contributed by atoms with Crippen molar-refractivity contribution in [2.75, 3.05) is 0 Å². The van der Waals surface area contributed by atoms with Gasteiger partial charge in [-0.15, -0.1) is 0 Å². The first-order valence-electron chi connectivity index (χ1n) is 6.26. The molecule has 0 aromatic heterocycles. The lowest BCUT2D eigenvalue weighted by molar-refractivity contribution is 1.28. The Morgan fingerprint density at radius 2 is 1.19 bits per heavy atom. The van der Waals surface area contributed by atoms with Crippen LogP contribution in [-0.4, -0.2) is 0 Å². The number of hydrogen-bond donors (Lipinski definition) is 0. The van der Waals surface area contributed by atoms with Crippen molar-refractivity contribution >= 4 is 5.57 Å². The maximum Gasteiger partial charge on any atom is -0.0201 e. The van der Waals surface area contributed by atoms with Crippen LogP contribution in [0.15, 0.2) is 18.7 Å². The van der Waals surface area contributed by atoms with Crippen molar-refractivity contribution in [1.29, 1.82) is 0 Å². The molecule has 0 unspecified atom stereocenters. The van der Waals surface area contributed by atoms with Crippen molar-refractivity contribution < 1.29 is 0 Å². The van der Waals surface area contributed by atoms with E-state index in [1.54, 1.807) is 0 Å². The van der Waals surface area contributed by atoms with Crippen LogP contribution in [0.25, 0.3) is 5.57 Å². The number of hydrogen-bond acceptors (Lipinski definition) is 0. The summed E-state index contributed by atoms with van der Waals surface area (Å²) in [5, 5.41) is 0. The minimum absolute atomic E-state index is 1.15. The van der Waals surface area contributed by atoms with Crippen molar-refractivity contribution in [3.8, 4) is 0 Å². The van der Waals surface area contributed by atoms with Gasteiger partial charge >= 0.3 is 0 Å². The molecule has 0 bridgehead atoms. The third-order valence-corrected chi connectivity index (χ3v) is 2.30. The fourth-order valence-electron chi connectivity index (χ4n) is 1.42. The zero-order valence-corrected chi connectivity index (χ0v) is 12.4. The van der Waals surface area contributed by atoms with Crippen LogP contribution >= 0.6 is 0 Å². The molecule has 1 aromatic carbocycles. The van der Waals surface area contributed by atoms with Gasteiger partial charge < -0.3 is 0 Å². The zero-order chi connectivity index (χ0) is 13.3. The first-order valence-corrected chi connectivity index (χ1v) is 6.26. The van der Waals surface area contributed by atoms with E-state index in [1.807, 2.05) is 27.7 Å². The Balaban J connectivity index is 0. The molecule has 0 heterocycles. The Morgan fingerprint density at radius 3 is 1.56 bits per heavy atom.